The van der Waals surface area contributed by atoms with E-state index in [1.807, 2.05) is 6.07 Å². The van der Waals surface area contributed by atoms with Crippen LogP contribution < -0.4 is 10.5 Å². The van der Waals surface area contributed by atoms with E-state index in [1.54, 1.807) is 30.3 Å². The molecule has 7 heteroatoms. The third-order valence-electron chi connectivity index (χ3n) is 2.15. The van der Waals surface area contributed by atoms with Gasteiger partial charge in [0.05, 0.1) is 11.9 Å². The van der Waals surface area contributed by atoms with Crippen molar-refractivity contribution in [1.29, 1.82) is 0 Å². The molecule has 0 aliphatic heterocycles. The molecule has 0 atom stereocenters. The molecule has 2 rings (SSSR count). The van der Waals surface area contributed by atoms with Crippen LogP contribution in [0, 0.1) is 0 Å². The van der Waals surface area contributed by atoms with Gasteiger partial charge in [0.1, 0.15) is 5.82 Å². The van der Waals surface area contributed by atoms with Gasteiger partial charge >= 0.3 is 0 Å². The lowest BCUT2D eigenvalue weighted by atomic mass is 10.1. The second-order valence-corrected chi connectivity index (χ2v) is 5.55. The number of rotatable bonds is 3. The van der Waals surface area contributed by atoms with E-state index in [0.717, 1.165) is 11.8 Å². The first kappa shape index (κ1) is 12.3. The highest BCUT2D eigenvalue weighted by Crippen LogP contribution is 2.21. The van der Waals surface area contributed by atoms with Crippen LogP contribution >= 0.6 is 0 Å². The number of hydrogen-bond donors (Lipinski definition) is 2. The van der Waals surface area contributed by atoms with Gasteiger partial charge in [0.25, 0.3) is 0 Å². The largest absolute Gasteiger partial charge is 0.382 e. The Morgan fingerprint density at radius 1 is 1.17 bits per heavy atom. The quantitative estimate of drug-likeness (QED) is 0.865. The van der Waals surface area contributed by atoms with Gasteiger partial charge in [-0.3, -0.25) is 4.72 Å². The van der Waals surface area contributed by atoms with E-state index in [2.05, 4.69) is 14.9 Å². The lowest BCUT2D eigenvalue weighted by Crippen LogP contribution is -2.09. The summed E-state index contributed by atoms with van der Waals surface area (Å²) in [4.78, 5) is 0. The fourth-order valence-corrected chi connectivity index (χ4v) is 2.01. The second kappa shape index (κ2) is 4.61. The third-order valence-corrected chi connectivity index (χ3v) is 2.75. The monoisotopic (exact) mass is 264 g/mol. The van der Waals surface area contributed by atoms with Crippen LogP contribution in [0.5, 0.6) is 0 Å². The highest BCUT2D eigenvalue weighted by atomic mass is 32.2. The average molecular weight is 264 g/mol. The maximum Gasteiger partial charge on any atom is 0.229 e. The Labute approximate surface area is 105 Å². The van der Waals surface area contributed by atoms with Crippen LogP contribution in [-0.2, 0) is 10.0 Å². The molecule has 0 bridgehead atoms. The predicted molar refractivity (Wildman–Crippen MR) is 70.3 cm³/mol. The molecule has 0 amide bonds. The summed E-state index contributed by atoms with van der Waals surface area (Å²) in [7, 11) is -3.29. The first-order valence-corrected chi connectivity index (χ1v) is 7.01. The van der Waals surface area contributed by atoms with Gasteiger partial charge in [-0.15, -0.1) is 10.2 Å². The molecule has 0 aliphatic rings. The van der Waals surface area contributed by atoms with Gasteiger partial charge in [0.15, 0.2) is 0 Å². The van der Waals surface area contributed by atoms with Gasteiger partial charge in [-0.2, -0.15) is 0 Å². The third kappa shape index (κ3) is 3.17. The molecule has 0 spiro atoms. The first-order chi connectivity index (χ1) is 8.44. The Balaban J connectivity index is 2.35. The molecule has 6 nitrogen and oxygen atoms in total. The second-order valence-electron chi connectivity index (χ2n) is 3.80. The summed E-state index contributed by atoms with van der Waals surface area (Å²) in [5.74, 6) is 0.337. The molecule has 1 heterocycles. The molecule has 3 N–H and O–H groups in total. The number of aromatic nitrogens is 2. The molecular weight excluding hydrogens is 252 g/mol. The van der Waals surface area contributed by atoms with Crippen molar-refractivity contribution in [3.8, 4) is 11.3 Å². The maximum absolute atomic E-state index is 11.1. The van der Waals surface area contributed by atoms with Crippen molar-refractivity contribution in [3.05, 3.63) is 36.4 Å². The fraction of sp³-hybridized carbons (Fsp3) is 0.0909. The zero-order valence-electron chi connectivity index (χ0n) is 9.66. The highest BCUT2D eigenvalue weighted by molar-refractivity contribution is 7.92. The maximum atomic E-state index is 11.1. The van der Waals surface area contributed by atoms with Crippen LogP contribution in [0.4, 0.5) is 11.5 Å². The summed E-state index contributed by atoms with van der Waals surface area (Å²) in [6.07, 6.45) is 1.10. The van der Waals surface area contributed by atoms with Crippen molar-refractivity contribution in [2.24, 2.45) is 0 Å². The average Bonchev–Trinajstić information content (AvgIpc) is 2.28. The van der Waals surface area contributed by atoms with E-state index < -0.39 is 10.0 Å². The number of nitrogens with zero attached hydrogens (tertiary/aromatic N) is 2. The number of hydrogen-bond acceptors (Lipinski definition) is 5. The van der Waals surface area contributed by atoms with Crippen LogP contribution in [0.1, 0.15) is 0 Å². The van der Waals surface area contributed by atoms with Crippen LogP contribution in [0.2, 0.25) is 0 Å². The Morgan fingerprint density at radius 2 is 1.94 bits per heavy atom. The molecule has 0 radical (unpaired) electrons. The first-order valence-electron chi connectivity index (χ1n) is 5.11. The van der Waals surface area contributed by atoms with Gasteiger partial charge in [-0.25, -0.2) is 8.42 Å². The summed E-state index contributed by atoms with van der Waals surface area (Å²) in [6, 6.07) is 10.3. The van der Waals surface area contributed by atoms with Gasteiger partial charge in [-0.1, -0.05) is 12.1 Å². The molecule has 94 valence electrons. The molecule has 0 saturated carbocycles. The number of anilines is 2. The van der Waals surface area contributed by atoms with Crippen molar-refractivity contribution < 1.29 is 8.42 Å². The van der Waals surface area contributed by atoms with Crippen LogP contribution in [0.15, 0.2) is 36.4 Å². The molecule has 0 unspecified atom stereocenters. The molecule has 2 aromatic rings. The zero-order valence-corrected chi connectivity index (χ0v) is 10.5. The summed E-state index contributed by atoms with van der Waals surface area (Å²) in [6.45, 7) is 0. The number of sulfonamides is 1. The Kier molecular flexibility index (Phi) is 3.15. The lowest BCUT2D eigenvalue weighted by Gasteiger charge is -2.06. The van der Waals surface area contributed by atoms with E-state index in [-0.39, 0.29) is 0 Å². The van der Waals surface area contributed by atoms with E-state index in [1.165, 1.54) is 0 Å². The van der Waals surface area contributed by atoms with Gasteiger partial charge in [0, 0.05) is 11.3 Å². The Morgan fingerprint density at radius 3 is 2.56 bits per heavy atom. The number of benzene rings is 1. The van der Waals surface area contributed by atoms with Crippen molar-refractivity contribution in [2.45, 2.75) is 0 Å². The van der Waals surface area contributed by atoms with E-state index in [4.69, 9.17) is 5.73 Å². The summed E-state index contributed by atoms with van der Waals surface area (Å²) in [5.41, 5.74) is 7.32. The van der Waals surface area contributed by atoms with Crippen LogP contribution in [0.3, 0.4) is 0 Å². The van der Waals surface area contributed by atoms with Crippen molar-refractivity contribution in [1.82, 2.24) is 10.2 Å². The van der Waals surface area contributed by atoms with Crippen molar-refractivity contribution in [3.63, 3.8) is 0 Å². The standard InChI is InChI=1S/C11H12N4O2S/c1-18(16,17)15-9-4-2-3-8(7-9)10-5-6-11(12)14-13-10/h2-7,15H,1H3,(H2,12,14). The number of nitrogens with one attached hydrogen (secondary N) is 1. The van der Waals surface area contributed by atoms with Gasteiger partial charge < -0.3 is 5.73 Å². The Bertz CT molecular complexity index is 653. The minimum absolute atomic E-state index is 0.337. The zero-order chi connectivity index (χ0) is 13.2. The van der Waals surface area contributed by atoms with E-state index in [0.29, 0.717) is 17.2 Å². The highest BCUT2D eigenvalue weighted by Gasteiger charge is 2.04. The topological polar surface area (TPSA) is 98.0 Å². The molecule has 1 aromatic carbocycles. The number of nitrogen functional groups attached to an aromatic ring is 1. The van der Waals surface area contributed by atoms with E-state index >= 15 is 0 Å². The van der Waals surface area contributed by atoms with Gasteiger partial charge in [0.2, 0.25) is 10.0 Å². The van der Waals surface area contributed by atoms with Crippen LogP contribution in [-0.4, -0.2) is 24.9 Å². The summed E-state index contributed by atoms with van der Waals surface area (Å²) < 4.78 is 24.7. The number of nitrogens with two attached hydrogens (primary N) is 1. The van der Waals surface area contributed by atoms with Crippen molar-refractivity contribution >= 4 is 21.5 Å². The van der Waals surface area contributed by atoms with Gasteiger partial charge in [-0.05, 0) is 24.3 Å². The molecule has 18 heavy (non-hydrogen) atoms. The van der Waals surface area contributed by atoms with Crippen LogP contribution in [0.25, 0.3) is 11.3 Å². The van der Waals surface area contributed by atoms with Crippen molar-refractivity contribution in [2.75, 3.05) is 16.7 Å². The molecule has 0 aliphatic carbocycles. The molecule has 0 fully saturated rings. The smallest absolute Gasteiger partial charge is 0.229 e. The molecule has 0 saturated heterocycles. The normalized spacial score (nSPS) is 11.2. The minimum Gasteiger partial charge on any atom is -0.382 e. The summed E-state index contributed by atoms with van der Waals surface area (Å²) in [5, 5.41) is 7.68. The summed E-state index contributed by atoms with van der Waals surface area (Å²) >= 11 is 0. The SMILES string of the molecule is CS(=O)(=O)Nc1cccc(-c2ccc(N)nn2)c1. The molecular formula is C11H12N4O2S. The lowest BCUT2D eigenvalue weighted by molar-refractivity contribution is 0.607. The molecule has 1 aromatic heterocycles. The predicted octanol–water partition coefficient (Wildman–Crippen LogP) is 1.10. The Hall–Kier alpha value is -2.15. The van der Waals surface area contributed by atoms with E-state index in [9.17, 15) is 8.42 Å². The minimum atomic E-state index is -3.29. The fourth-order valence-electron chi connectivity index (χ4n) is 1.45.